The van der Waals surface area contributed by atoms with Gasteiger partial charge in [0.15, 0.2) is 0 Å². The molecule has 0 amide bonds. The molecule has 0 aromatic carbocycles. The lowest BCUT2D eigenvalue weighted by atomic mass is 9.85. The topological polar surface area (TPSA) is 23.5 Å². The first-order chi connectivity index (χ1) is 7.66. The second-order valence-electron chi connectivity index (χ2n) is 6.11. The van der Waals surface area contributed by atoms with Crippen LogP contribution in [0.25, 0.3) is 0 Å². The summed E-state index contributed by atoms with van der Waals surface area (Å²) < 4.78 is 0. The highest BCUT2D eigenvalue weighted by molar-refractivity contribution is 4.84. The van der Waals surface area contributed by atoms with Gasteiger partial charge in [-0.05, 0) is 38.0 Å². The van der Waals surface area contributed by atoms with E-state index in [4.69, 9.17) is 0 Å². The van der Waals surface area contributed by atoms with Gasteiger partial charge in [0.25, 0.3) is 0 Å². The Hall–Kier alpha value is -0.0800. The number of nitrogens with zero attached hydrogens (tertiary/aromatic N) is 1. The van der Waals surface area contributed by atoms with Crippen LogP contribution in [0.5, 0.6) is 0 Å². The normalized spacial score (nSPS) is 35.4. The van der Waals surface area contributed by atoms with Crippen molar-refractivity contribution in [3.05, 3.63) is 0 Å². The zero-order valence-electron chi connectivity index (χ0n) is 10.9. The number of hydrogen-bond donors (Lipinski definition) is 1. The van der Waals surface area contributed by atoms with Crippen LogP contribution in [0.4, 0.5) is 0 Å². The number of hydrogen-bond acceptors (Lipinski definition) is 2. The van der Waals surface area contributed by atoms with Crippen LogP contribution in [-0.4, -0.2) is 35.2 Å². The van der Waals surface area contributed by atoms with Gasteiger partial charge in [-0.25, -0.2) is 0 Å². The van der Waals surface area contributed by atoms with E-state index < -0.39 is 0 Å². The molecule has 2 heteroatoms. The van der Waals surface area contributed by atoms with Crippen molar-refractivity contribution in [1.29, 1.82) is 0 Å². The van der Waals surface area contributed by atoms with Crippen LogP contribution in [0, 0.1) is 11.8 Å². The minimum absolute atomic E-state index is 0.0759. The second kappa shape index (κ2) is 5.50. The van der Waals surface area contributed by atoms with Gasteiger partial charge >= 0.3 is 0 Å². The van der Waals surface area contributed by atoms with Crippen molar-refractivity contribution in [2.75, 3.05) is 13.1 Å². The first-order valence-corrected chi connectivity index (χ1v) is 7.09. The van der Waals surface area contributed by atoms with E-state index in [-0.39, 0.29) is 6.10 Å². The van der Waals surface area contributed by atoms with Crippen molar-refractivity contribution in [2.24, 2.45) is 11.8 Å². The predicted octanol–water partition coefficient (Wildman–Crippen LogP) is 2.66. The maximum Gasteiger partial charge on any atom is 0.0695 e. The monoisotopic (exact) mass is 225 g/mol. The summed E-state index contributed by atoms with van der Waals surface area (Å²) >= 11 is 0. The Labute approximate surface area is 100 Å². The van der Waals surface area contributed by atoms with E-state index in [1.54, 1.807) is 0 Å². The SMILES string of the molecule is CC1CC(C)N(CC(O)C2CCCCC2)C1. The molecular formula is C14H27NO. The summed E-state index contributed by atoms with van der Waals surface area (Å²) in [5.74, 6) is 1.39. The quantitative estimate of drug-likeness (QED) is 0.798. The van der Waals surface area contributed by atoms with Gasteiger partial charge in [0.2, 0.25) is 0 Å². The molecule has 2 aliphatic rings. The first kappa shape index (κ1) is 12.4. The highest BCUT2D eigenvalue weighted by Gasteiger charge is 2.30. The predicted molar refractivity (Wildman–Crippen MR) is 67.4 cm³/mol. The molecule has 16 heavy (non-hydrogen) atoms. The molecule has 2 rings (SSSR count). The molecule has 3 atom stereocenters. The number of β-amino-alcohol motifs (C(OH)–C–C–N with tert-alkyl or cyclic N) is 1. The lowest BCUT2D eigenvalue weighted by molar-refractivity contribution is 0.0450. The molecule has 1 heterocycles. The van der Waals surface area contributed by atoms with Gasteiger partial charge in [0.05, 0.1) is 6.10 Å². The number of likely N-dealkylation sites (tertiary alicyclic amines) is 1. The van der Waals surface area contributed by atoms with Gasteiger partial charge in [-0.15, -0.1) is 0 Å². The van der Waals surface area contributed by atoms with E-state index >= 15 is 0 Å². The van der Waals surface area contributed by atoms with Crippen molar-refractivity contribution in [2.45, 2.75) is 64.5 Å². The van der Waals surface area contributed by atoms with Crippen LogP contribution >= 0.6 is 0 Å². The Bertz CT molecular complexity index is 213. The van der Waals surface area contributed by atoms with Gasteiger partial charge in [-0.2, -0.15) is 0 Å². The maximum absolute atomic E-state index is 10.3. The Morgan fingerprint density at radius 3 is 2.44 bits per heavy atom. The van der Waals surface area contributed by atoms with Gasteiger partial charge in [0.1, 0.15) is 0 Å². The van der Waals surface area contributed by atoms with Crippen molar-refractivity contribution in [1.82, 2.24) is 4.90 Å². The molecule has 0 bridgehead atoms. The molecule has 0 radical (unpaired) electrons. The Morgan fingerprint density at radius 1 is 1.19 bits per heavy atom. The highest BCUT2D eigenvalue weighted by atomic mass is 16.3. The minimum atomic E-state index is -0.0759. The van der Waals surface area contributed by atoms with E-state index in [2.05, 4.69) is 18.7 Å². The summed E-state index contributed by atoms with van der Waals surface area (Å²) in [6, 6.07) is 0.674. The third-order valence-corrected chi connectivity index (χ3v) is 4.53. The Balaban J connectivity index is 1.79. The van der Waals surface area contributed by atoms with E-state index in [1.807, 2.05) is 0 Å². The van der Waals surface area contributed by atoms with Crippen molar-refractivity contribution in [3.8, 4) is 0 Å². The van der Waals surface area contributed by atoms with Crippen molar-refractivity contribution >= 4 is 0 Å². The number of aliphatic hydroxyl groups is 1. The van der Waals surface area contributed by atoms with Gasteiger partial charge in [-0.3, -0.25) is 4.90 Å². The lowest BCUT2D eigenvalue weighted by Crippen LogP contribution is -2.39. The van der Waals surface area contributed by atoms with Crippen molar-refractivity contribution < 1.29 is 5.11 Å². The maximum atomic E-state index is 10.3. The summed E-state index contributed by atoms with van der Waals surface area (Å²) in [7, 11) is 0. The van der Waals surface area contributed by atoms with Gasteiger partial charge < -0.3 is 5.11 Å². The molecule has 0 spiro atoms. The number of aliphatic hydroxyl groups excluding tert-OH is 1. The molecule has 1 aliphatic carbocycles. The van der Waals surface area contributed by atoms with E-state index in [9.17, 15) is 5.11 Å². The van der Waals surface area contributed by atoms with E-state index in [1.165, 1.54) is 45.1 Å². The van der Waals surface area contributed by atoms with Gasteiger partial charge in [-0.1, -0.05) is 26.2 Å². The largest absolute Gasteiger partial charge is 0.392 e. The third-order valence-electron chi connectivity index (χ3n) is 4.53. The smallest absolute Gasteiger partial charge is 0.0695 e. The van der Waals surface area contributed by atoms with Crippen LogP contribution in [0.1, 0.15) is 52.4 Å². The summed E-state index contributed by atoms with van der Waals surface area (Å²) in [5, 5.41) is 10.3. The minimum Gasteiger partial charge on any atom is -0.392 e. The van der Waals surface area contributed by atoms with Gasteiger partial charge in [0, 0.05) is 19.1 Å². The fraction of sp³-hybridized carbons (Fsp3) is 1.00. The molecule has 1 saturated carbocycles. The zero-order valence-corrected chi connectivity index (χ0v) is 10.9. The molecule has 0 aromatic rings. The van der Waals surface area contributed by atoms with Crippen molar-refractivity contribution in [3.63, 3.8) is 0 Å². The number of rotatable bonds is 3. The zero-order chi connectivity index (χ0) is 11.5. The first-order valence-electron chi connectivity index (χ1n) is 7.09. The molecule has 1 saturated heterocycles. The lowest BCUT2D eigenvalue weighted by Gasteiger charge is -2.31. The standard InChI is InChI=1S/C14H27NO/c1-11-8-12(2)15(9-11)10-14(16)13-6-4-3-5-7-13/h11-14,16H,3-10H2,1-2H3. The Morgan fingerprint density at radius 2 is 1.88 bits per heavy atom. The molecule has 1 aliphatic heterocycles. The fourth-order valence-corrected chi connectivity index (χ4v) is 3.55. The molecule has 1 N–H and O–H groups in total. The average Bonchev–Trinajstić information content (AvgIpc) is 2.59. The molecule has 2 nitrogen and oxygen atoms in total. The molecule has 94 valence electrons. The van der Waals surface area contributed by atoms with Crippen LogP contribution in [-0.2, 0) is 0 Å². The van der Waals surface area contributed by atoms with Crippen LogP contribution in [0.2, 0.25) is 0 Å². The third kappa shape index (κ3) is 2.98. The fourth-order valence-electron chi connectivity index (χ4n) is 3.55. The highest BCUT2D eigenvalue weighted by Crippen LogP contribution is 2.29. The summed E-state index contributed by atoms with van der Waals surface area (Å²) in [6.45, 7) is 6.72. The average molecular weight is 225 g/mol. The summed E-state index contributed by atoms with van der Waals surface area (Å²) in [6.07, 6.45) is 7.75. The van der Waals surface area contributed by atoms with Crippen LogP contribution in [0.3, 0.4) is 0 Å². The molecule has 3 unspecified atom stereocenters. The second-order valence-corrected chi connectivity index (χ2v) is 6.11. The van der Waals surface area contributed by atoms with Crippen LogP contribution < -0.4 is 0 Å². The van der Waals surface area contributed by atoms with E-state index in [0.717, 1.165) is 12.5 Å². The molecular weight excluding hydrogens is 198 g/mol. The summed E-state index contributed by atoms with van der Waals surface area (Å²) in [5.41, 5.74) is 0. The summed E-state index contributed by atoms with van der Waals surface area (Å²) in [4.78, 5) is 2.49. The Kier molecular flexibility index (Phi) is 4.26. The molecule has 2 fully saturated rings. The van der Waals surface area contributed by atoms with Crippen LogP contribution in [0.15, 0.2) is 0 Å². The molecule has 0 aromatic heterocycles. The van der Waals surface area contributed by atoms with E-state index in [0.29, 0.717) is 12.0 Å².